The van der Waals surface area contributed by atoms with Crippen LogP contribution in [-0.2, 0) is 6.54 Å². The van der Waals surface area contributed by atoms with Gasteiger partial charge in [-0.1, -0.05) is 69.5 Å². The normalized spacial score (nSPS) is 16.0. The minimum absolute atomic E-state index is 0.0948. The molecule has 2 aromatic rings. The number of benzene rings is 1. The maximum atomic E-state index is 12.7. The molecule has 1 fully saturated rings. The van der Waals surface area contributed by atoms with Gasteiger partial charge < -0.3 is 5.11 Å². The fourth-order valence-corrected chi connectivity index (χ4v) is 4.23. The van der Waals surface area contributed by atoms with Crippen LogP contribution in [0.25, 0.3) is 6.08 Å². The first-order chi connectivity index (χ1) is 14.9. The van der Waals surface area contributed by atoms with Gasteiger partial charge in [0.15, 0.2) is 4.77 Å². The molecule has 1 aromatic heterocycles. The number of aromatic hydroxyl groups is 1. The molecule has 1 aliphatic rings. The molecular formula is C25H31N3O2S. The van der Waals surface area contributed by atoms with Crippen LogP contribution in [0.2, 0.25) is 0 Å². The molecule has 3 rings (SSSR count). The summed E-state index contributed by atoms with van der Waals surface area (Å²) in [5.74, 6) is -0.0609. The van der Waals surface area contributed by atoms with Crippen molar-refractivity contribution in [3.8, 4) is 5.88 Å². The molecule has 0 radical (unpaired) electrons. The maximum absolute atomic E-state index is 12.7. The topological polar surface area (TPSA) is 70.4 Å². The Balaban J connectivity index is 2.20. The highest BCUT2D eigenvalue weighted by molar-refractivity contribution is 7.71. The van der Waals surface area contributed by atoms with Crippen molar-refractivity contribution < 1.29 is 5.11 Å². The molecular weight excluding hydrogens is 406 g/mol. The SMILES string of the molecule is C=CCn1c(O)c(C=C(C(=NC2CCCCC2)c2ccccc2)C(C)C)c(=O)[nH]c1=S. The third-order valence-corrected chi connectivity index (χ3v) is 5.97. The molecule has 0 aliphatic heterocycles. The lowest BCUT2D eigenvalue weighted by molar-refractivity contribution is 0.412. The van der Waals surface area contributed by atoms with E-state index in [1.807, 2.05) is 30.3 Å². The van der Waals surface area contributed by atoms with E-state index in [0.717, 1.165) is 29.7 Å². The van der Waals surface area contributed by atoms with Gasteiger partial charge >= 0.3 is 0 Å². The average Bonchev–Trinajstić information content (AvgIpc) is 2.76. The van der Waals surface area contributed by atoms with Crippen LogP contribution in [0.4, 0.5) is 0 Å². The van der Waals surface area contributed by atoms with Gasteiger partial charge in [-0.15, -0.1) is 6.58 Å². The monoisotopic (exact) mass is 437 g/mol. The molecule has 31 heavy (non-hydrogen) atoms. The lowest BCUT2D eigenvalue weighted by Gasteiger charge is -2.22. The molecule has 1 heterocycles. The van der Waals surface area contributed by atoms with Gasteiger partial charge in [0.05, 0.1) is 11.8 Å². The number of aromatic amines is 1. The Kier molecular flexibility index (Phi) is 7.80. The predicted molar refractivity (Wildman–Crippen MR) is 130 cm³/mol. The van der Waals surface area contributed by atoms with Crippen LogP contribution in [0.15, 0.2) is 58.3 Å². The zero-order valence-electron chi connectivity index (χ0n) is 18.3. The zero-order valence-corrected chi connectivity index (χ0v) is 19.1. The van der Waals surface area contributed by atoms with Crippen LogP contribution < -0.4 is 5.56 Å². The Morgan fingerprint density at radius 1 is 1.29 bits per heavy atom. The molecule has 0 bridgehead atoms. The Hall–Kier alpha value is -2.73. The van der Waals surface area contributed by atoms with Crippen LogP contribution >= 0.6 is 12.2 Å². The van der Waals surface area contributed by atoms with Crippen LogP contribution in [0, 0.1) is 10.7 Å². The first-order valence-corrected chi connectivity index (χ1v) is 11.3. The van der Waals surface area contributed by atoms with Crippen molar-refractivity contribution in [3.05, 3.63) is 74.8 Å². The van der Waals surface area contributed by atoms with Gasteiger partial charge in [0.1, 0.15) is 5.56 Å². The summed E-state index contributed by atoms with van der Waals surface area (Å²) in [6.07, 6.45) is 9.21. The van der Waals surface area contributed by atoms with Crippen LogP contribution in [-0.4, -0.2) is 26.4 Å². The molecule has 6 heteroatoms. The number of H-pyrrole nitrogens is 1. The fourth-order valence-electron chi connectivity index (χ4n) is 3.97. The highest BCUT2D eigenvalue weighted by atomic mass is 32.1. The number of rotatable bonds is 7. The van der Waals surface area contributed by atoms with Crippen molar-refractivity contribution in [1.29, 1.82) is 0 Å². The number of nitrogens with one attached hydrogen (secondary N) is 1. The van der Waals surface area contributed by atoms with E-state index >= 15 is 0 Å². The quantitative estimate of drug-likeness (QED) is 0.334. The summed E-state index contributed by atoms with van der Waals surface area (Å²) >= 11 is 5.21. The standard InChI is InChI=1S/C25H31N3O2S/c1-4-15-28-24(30)21(23(29)27-25(28)31)16-20(17(2)3)22(18-11-7-5-8-12-18)26-19-13-9-6-10-14-19/h4-5,7-8,11-12,16-17,19,30H,1,6,9-10,13-15H2,2-3H3,(H,27,29,31). The van der Waals surface area contributed by atoms with Crippen LogP contribution in [0.3, 0.4) is 0 Å². The number of hydrogen-bond acceptors (Lipinski definition) is 4. The minimum atomic E-state index is -0.411. The van der Waals surface area contributed by atoms with E-state index in [9.17, 15) is 9.90 Å². The molecule has 0 amide bonds. The molecule has 2 N–H and O–H groups in total. The Morgan fingerprint density at radius 3 is 2.58 bits per heavy atom. The average molecular weight is 438 g/mol. The number of hydrogen-bond donors (Lipinski definition) is 2. The van der Waals surface area contributed by atoms with Gasteiger partial charge in [-0.3, -0.25) is 19.3 Å². The van der Waals surface area contributed by atoms with E-state index in [0.29, 0.717) is 6.54 Å². The first kappa shape index (κ1) is 22.9. The zero-order chi connectivity index (χ0) is 22.4. The van der Waals surface area contributed by atoms with Crippen molar-refractivity contribution in [1.82, 2.24) is 9.55 Å². The van der Waals surface area contributed by atoms with E-state index in [2.05, 4.69) is 25.4 Å². The first-order valence-electron chi connectivity index (χ1n) is 10.9. The van der Waals surface area contributed by atoms with E-state index in [-0.39, 0.29) is 28.2 Å². The van der Waals surface area contributed by atoms with E-state index in [4.69, 9.17) is 17.2 Å². The van der Waals surface area contributed by atoms with Gasteiger partial charge in [-0.05, 0) is 48.2 Å². The van der Waals surface area contributed by atoms with Gasteiger partial charge in [-0.2, -0.15) is 0 Å². The smallest absolute Gasteiger partial charge is 0.262 e. The molecule has 0 spiro atoms. The molecule has 1 aromatic carbocycles. The molecule has 0 atom stereocenters. The Morgan fingerprint density at radius 2 is 1.97 bits per heavy atom. The summed E-state index contributed by atoms with van der Waals surface area (Å²) < 4.78 is 1.64. The second-order valence-corrected chi connectivity index (χ2v) is 8.67. The van der Waals surface area contributed by atoms with Gasteiger partial charge in [0.25, 0.3) is 5.56 Å². The Bertz CT molecular complexity index is 1090. The summed E-state index contributed by atoms with van der Waals surface area (Å²) in [5, 5.41) is 10.8. The largest absolute Gasteiger partial charge is 0.494 e. The van der Waals surface area contributed by atoms with E-state index in [1.54, 1.807) is 12.2 Å². The second kappa shape index (κ2) is 10.5. The molecule has 0 saturated heterocycles. The Labute approximate surface area is 188 Å². The molecule has 1 aliphatic carbocycles. The molecule has 0 unspecified atom stereocenters. The fraction of sp³-hybridized carbons (Fsp3) is 0.400. The predicted octanol–water partition coefficient (Wildman–Crippen LogP) is 5.66. The van der Waals surface area contributed by atoms with Gasteiger partial charge in [0.2, 0.25) is 5.88 Å². The van der Waals surface area contributed by atoms with Crippen molar-refractivity contribution >= 4 is 24.0 Å². The summed E-state index contributed by atoms with van der Waals surface area (Å²) in [4.78, 5) is 20.6. The minimum Gasteiger partial charge on any atom is -0.494 e. The molecule has 164 valence electrons. The molecule has 5 nitrogen and oxygen atoms in total. The third kappa shape index (κ3) is 5.50. The number of allylic oxidation sites excluding steroid dienone is 2. The lowest BCUT2D eigenvalue weighted by Crippen LogP contribution is -2.20. The number of nitrogens with zero attached hydrogens (tertiary/aromatic N) is 2. The van der Waals surface area contributed by atoms with Gasteiger partial charge in [-0.25, -0.2) is 0 Å². The summed E-state index contributed by atoms with van der Waals surface area (Å²) in [7, 11) is 0. The highest BCUT2D eigenvalue weighted by Crippen LogP contribution is 2.27. The number of aliphatic imine (C=N–C) groups is 1. The summed E-state index contributed by atoms with van der Waals surface area (Å²) in [6, 6.07) is 10.4. The maximum Gasteiger partial charge on any atom is 0.262 e. The van der Waals surface area contributed by atoms with Crippen molar-refractivity contribution in [2.45, 2.75) is 58.5 Å². The second-order valence-electron chi connectivity index (χ2n) is 8.29. The number of aromatic nitrogens is 2. The van der Waals surface area contributed by atoms with Crippen molar-refractivity contribution in [2.24, 2.45) is 10.9 Å². The van der Waals surface area contributed by atoms with Crippen LogP contribution in [0.1, 0.15) is 57.1 Å². The van der Waals surface area contributed by atoms with E-state index in [1.165, 1.54) is 23.8 Å². The highest BCUT2D eigenvalue weighted by Gasteiger charge is 2.20. The lowest BCUT2D eigenvalue weighted by atomic mass is 9.90. The van der Waals surface area contributed by atoms with Crippen molar-refractivity contribution in [3.63, 3.8) is 0 Å². The summed E-state index contributed by atoms with van der Waals surface area (Å²) in [6.45, 7) is 8.17. The third-order valence-electron chi connectivity index (χ3n) is 5.65. The molecule has 1 saturated carbocycles. The summed E-state index contributed by atoms with van der Waals surface area (Å²) in [5.41, 5.74) is 2.60. The van der Waals surface area contributed by atoms with E-state index < -0.39 is 5.56 Å². The van der Waals surface area contributed by atoms with Gasteiger partial charge in [0, 0.05) is 6.54 Å². The van der Waals surface area contributed by atoms with Crippen molar-refractivity contribution in [2.75, 3.05) is 0 Å². The van der Waals surface area contributed by atoms with Crippen LogP contribution in [0.5, 0.6) is 5.88 Å².